The van der Waals surface area contributed by atoms with E-state index < -0.39 is 12.6 Å². The van der Waals surface area contributed by atoms with E-state index in [1.807, 2.05) is 49.1 Å². The number of carboxylic acid groups (broad SMARTS) is 1. The van der Waals surface area contributed by atoms with Gasteiger partial charge < -0.3 is 24.8 Å². The summed E-state index contributed by atoms with van der Waals surface area (Å²) in [6.45, 7) is 3.60. The third-order valence-corrected chi connectivity index (χ3v) is 4.88. The molecule has 7 heteroatoms. The number of hydrogen-bond donors (Lipinski definition) is 2. The average Bonchev–Trinajstić information content (AvgIpc) is 2.71. The van der Waals surface area contributed by atoms with E-state index in [1.54, 1.807) is 12.1 Å². The standard InChI is InChI=1S/C21H24N2O5/c1-4-13(2)23-20(22-16-8-6-5-7-15(16)21(23)26)14-9-10-17(18(11-14)27-3)28-12-19(24)25/h5-11,13,20,22H,4,12H2,1-3H3,(H,24,25)/t13-,20-/m0/s1. The first-order chi connectivity index (χ1) is 13.5. The van der Waals surface area contributed by atoms with Crippen LogP contribution in [0.15, 0.2) is 42.5 Å². The van der Waals surface area contributed by atoms with Crippen molar-refractivity contribution in [2.75, 3.05) is 19.0 Å². The Labute approximate surface area is 163 Å². The van der Waals surface area contributed by atoms with Gasteiger partial charge in [0.1, 0.15) is 6.17 Å². The first-order valence-electron chi connectivity index (χ1n) is 9.17. The molecule has 3 rings (SSSR count). The second kappa shape index (κ2) is 8.21. The third kappa shape index (κ3) is 3.74. The lowest BCUT2D eigenvalue weighted by atomic mass is 10.0. The van der Waals surface area contributed by atoms with Gasteiger partial charge in [-0.15, -0.1) is 0 Å². The number of methoxy groups -OCH3 is 1. The van der Waals surface area contributed by atoms with Gasteiger partial charge in [-0.1, -0.05) is 25.1 Å². The minimum absolute atomic E-state index is 0.0206. The number of benzene rings is 2. The molecule has 28 heavy (non-hydrogen) atoms. The quantitative estimate of drug-likeness (QED) is 0.759. The maximum atomic E-state index is 13.2. The van der Waals surface area contributed by atoms with Crippen LogP contribution in [0.5, 0.6) is 11.5 Å². The molecule has 0 spiro atoms. The summed E-state index contributed by atoms with van der Waals surface area (Å²) in [6.07, 6.45) is 0.433. The largest absolute Gasteiger partial charge is 0.493 e. The maximum absolute atomic E-state index is 13.2. The van der Waals surface area contributed by atoms with Crippen molar-refractivity contribution >= 4 is 17.6 Å². The Kier molecular flexibility index (Phi) is 5.73. The Hall–Kier alpha value is -3.22. The molecular weight excluding hydrogens is 360 g/mol. The average molecular weight is 384 g/mol. The molecule has 2 atom stereocenters. The Morgan fingerprint density at radius 1 is 1.25 bits per heavy atom. The van der Waals surface area contributed by atoms with Gasteiger partial charge in [0.2, 0.25) is 0 Å². The Bertz CT molecular complexity index is 883. The molecule has 148 valence electrons. The van der Waals surface area contributed by atoms with Gasteiger partial charge in [0, 0.05) is 11.7 Å². The number of amides is 1. The highest BCUT2D eigenvalue weighted by Gasteiger charge is 2.35. The fourth-order valence-electron chi connectivity index (χ4n) is 3.28. The Morgan fingerprint density at radius 3 is 2.68 bits per heavy atom. The number of hydrogen-bond acceptors (Lipinski definition) is 5. The summed E-state index contributed by atoms with van der Waals surface area (Å²) >= 11 is 0. The molecule has 0 bridgehead atoms. The number of carbonyl (C=O) groups is 2. The van der Waals surface area contributed by atoms with E-state index in [9.17, 15) is 9.59 Å². The second-order valence-corrected chi connectivity index (χ2v) is 6.65. The van der Waals surface area contributed by atoms with Crippen molar-refractivity contribution in [3.05, 3.63) is 53.6 Å². The highest BCUT2D eigenvalue weighted by atomic mass is 16.5. The van der Waals surface area contributed by atoms with Crippen molar-refractivity contribution < 1.29 is 24.2 Å². The second-order valence-electron chi connectivity index (χ2n) is 6.65. The first-order valence-corrected chi connectivity index (χ1v) is 9.17. The zero-order chi connectivity index (χ0) is 20.3. The number of fused-ring (bicyclic) bond motifs is 1. The van der Waals surface area contributed by atoms with Crippen LogP contribution in [0.3, 0.4) is 0 Å². The predicted octanol–water partition coefficient (Wildman–Crippen LogP) is 3.52. The maximum Gasteiger partial charge on any atom is 0.341 e. The van der Waals surface area contributed by atoms with Crippen molar-refractivity contribution in [2.24, 2.45) is 0 Å². The molecule has 7 nitrogen and oxygen atoms in total. The van der Waals surface area contributed by atoms with E-state index in [-0.39, 0.29) is 18.1 Å². The molecular formula is C21H24N2O5. The summed E-state index contributed by atoms with van der Waals surface area (Å²) in [6, 6.07) is 12.7. The lowest BCUT2D eigenvalue weighted by Crippen LogP contribution is -2.47. The number of carbonyl (C=O) groups excluding carboxylic acids is 1. The number of anilines is 1. The van der Waals surface area contributed by atoms with Crippen LogP contribution in [0.25, 0.3) is 0 Å². The van der Waals surface area contributed by atoms with Crippen LogP contribution in [0.1, 0.15) is 42.4 Å². The fraction of sp³-hybridized carbons (Fsp3) is 0.333. The van der Waals surface area contributed by atoms with Crippen LogP contribution >= 0.6 is 0 Å². The predicted molar refractivity (Wildman–Crippen MR) is 105 cm³/mol. The highest BCUT2D eigenvalue weighted by molar-refractivity contribution is 6.01. The van der Waals surface area contributed by atoms with E-state index >= 15 is 0 Å². The summed E-state index contributed by atoms with van der Waals surface area (Å²) in [4.78, 5) is 25.8. The van der Waals surface area contributed by atoms with E-state index in [4.69, 9.17) is 14.6 Å². The summed E-state index contributed by atoms with van der Waals surface area (Å²) in [5, 5.41) is 12.3. The number of ether oxygens (including phenoxy) is 2. The first kappa shape index (κ1) is 19.5. The minimum atomic E-state index is -1.06. The third-order valence-electron chi connectivity index (χ3n) is 4.88. The van der Waals surface area contributed by atoms with Gasteiger partial charge in [-0.2, -0.15) is 0 Å². The molecule has 2 aromatic rings. The lowest BCUT2D eigenvalue weighted by molar-refractivity contribution is -0.139. The summed E-state index contributed by atoms with van der Waals surface area (Å²) in [7, 11) is 1.49. The monoisotopic (exact) mass is 384 g/mol. The summed E-state index contributed by atoms with van der Waals surface area (Å²) in [5.41, 5.74) is 2.25. The van der Waals surface area contributed by atoms with E-state index in [0.29, 0.717) is 17.1 Å². The van der Waals surface area contributed by atoms with Crippen LogP contribution in [0.4, 0.5) is 5.69 Å². The molecule has 1 aliphatic heterocycles. The molecule has 1 amide bonds. The van der Waals surface area contributed by atoms with Crippen molar-refractivity contribution in [1.29, 1.82) is 0 Å². The summed E-state index contributed by atoms with van der Waals surface area (Å²) < 4.78 is 10.7. The zero-order valence-electron chi connectivity index (χ0n) is 16.1. The molecule has 0 radical (unpaired) electrons. The Morgan fingerprint density at radius 2 is 2.00 bits per heavy atom. The zero-order valence-corrected chi connectivity index (χ0v) is 16.1. The van der Waals surface area contributed by atoms with Crippen molar-refractivity contribution in [3.8, 4) is 11.5 Å². The number of nitrogens with one attached hydrogen (secondary N) is 1. The van der Waals surface area contributed by atoms with Crippen LogP contribution in [-0.4, -0.2) is 41.6 Å². The van der Waals surface area contributed by atoms with Gasteiger partial charge in [-0.05, 0) is 43.2 Å². The normalized spacial score (nSPS) is 16.8. The summed E-state index contributed by atoms with van der Waals surface area (Å²) in [5.74, 6) is -0.341. The highest BCUT2D eigenvalue weighted by Crippen LogP contribution is 2.38. The number of carboxylic acids is 1. The molecule has 0 unspecified atom stereocenters. The number of aliphatic carboxylic acids is 1. The molecule has 0 fully saturated rings. The number of para-hydroxylation sites is 1. The number of rotatable bonds is 7. The molecule has 0 aromatic heterocycles. The molecule has 0 saturated heterocycles. The minimum Gasteiger partial charge on any atom is -0.493 e. The molecule has 2 N–H and O–H groups in total. The van der Waals surface area contributed by atoms with Gasteiger partial charge in [-0.25, -0.2) is 4.79 Å². The van der Waals surface area contributed by atoms with Crippen molar-refractivity contribution in [1.82, 2.24) is 4.90 Å². The van der Waals surface area contributed by atoms with Crippen molar-refractivity contribution in [3.63, 3.8) is 0 Å². The fourth-order valence-corrected chi connectivity index (χ4v) is 3.28. The van der Waals surface area contributed by atoms with Crippen LogP contribution in [0.2, 0.25) is 0 Å². The van der Waals surface area contributed by atoms with Gasteiger partial charge in [0.15, 0.2) is 18.1 Å². The molecule has 0 aliphatic carbocycles. The SMILES string of the molecule is CC[C@H](C)N1C(=O)c2ccccc2N[C@@H]1c1ccc(OCC(=O)O)c(OC)c1. The molecule has 0 saturated carbocycles. The smallest absolute Gasteiger partial charge is 0.341 e. The van der Waals surface area contributed by atoms with Crippen LogP contribution in [0, 0.1) is 0 Å². The Balaban J connectivity index is 2.00. The van der Waals surface area contributed by atoms with Crippen molar-refractivity contribution in [2.45, 2.75) is 32.5 Å². The van der Waals surface area contributed by atoms with E-state index in [0.717, 1.165) is 17.7 Å². The van der Waals surface area contributed by atoms with Crippen LogP contribution in [-0.2, 0) is 4.79 Å². The van der Waals surface area contributed by atoms with Gasteiger partial charge >= 0.3 is 5.97 Å². The van der Waals surface area contributed by atoms with Gasteiger partial charge in [-0.3, -0.25) is 4.79 Å². The lowest BCUT2D eigenvalue weighted by Gasteiger charge is -2.41. The van der Waals surface area contributed by atoms with Gasteiger partial charge in [0.25, 0.3) is 5.91 Å². The molecule has 1 aliphatic rings. The van der Waals surface area contributed by atoms with E-state index in [1.165, 1.54) is 7.11 Å². The molecule has 2 aromatic carbocycles. The molecule has 1 heterocycles. The number of nitrogens with zero attached hydrogens (tertiary/aromatic N) is 1. The van der Waals surface area contributed by atoms with Gasteiger partial charge in [0.05, 0.1) is 12.7 Å². The van der Waals surface area contributed by atoms with E-state index in [2.05, 4.69) is 5.32 Å². The topological polar surface area (TPSA) is 88.1 Å². The van der Waals surface area contributed by atoms with Crippen LogP contribution < -0.4 is 14.8 Å².